The van der Waals surface area contributed by atoms with Gasteiger partial charge in [-0.05, 0) is 59.9 Å². The molecule has 1 amide bonds. The number of hydrogen-bond donors (Lipinski definition) is 2. The van der Waals surface area contributed by atoms with Gasteiger partial charge in [-0.2, -0.15) is 5.10 Å². The number of pyridine rings is 2. The zero-order valence-electron chi connectivity index (χ0n) is 24.4. The summed E-state index contributed by atoms with van der Waals surface area (Å²) in [5.41, 5.74) is 4.56. The van der Waals surface area contributed by atoms with Gasteiger partial charge in [-0.25, -0.2) is 9.78 Å². The van der Waals surface area contributed by atoms with Gasteiger partial charge in [0.15, 0.2) is 0 Å². The molecule has 4 aromatic rings. The van der Waals surface area contributed by atoms with Crippen LogP contribution in [0.1, 0.15) is 41.3 Å². The molecule has 3 aromatic heterocycles. The maximum Gasteiger partial charge on any atom is 0.407 e. The lowest BCUT2D eigenvalue weighted by Crippen LogP contribution is -2.23. The molecule has 1 aliphatic heterocycles. The van der Waals surface area contributed by atoms with Crippen molar-refractivity contribution in [3.05, 3.63) is 77.4 Å². The van der Waals surface area contributed by atoms with Crippen molar-refractivity contribution in [1.29, 1.82) is 0 Å². The highest BCUT2D eigenvalue weighted by Gasteiger charge is 2.23. The number of benzene rings is 1. The Labute approximate surface area is 249 Å². The SMILES string of the molecule is COCCOC(=O)CC(c1cncc(CNC(=O)OC)c1)n1ncc2cc(OCCc3ccc4c(n3)NCCC4)ccc21. The van der Waals surface area contributed by atoms with Gasteiger partial charge >= 0.3 is 12.1 Å². The monoisotopic (exact) mass is 588 g/mol. The normalized spacial score (nSPS) is 13.1. The fourth-order valence-corrected chi connectivity index (χ4v) is 4.99. The number of carbonyl (C=O) groups is 2. The number of carbonyl (C=O) groups excluding carboxylic acids is 2. The standard InChI is InChI=1S/C31H36N6O6/c1-40-12-13-43-29(38)16-28(23-14-21(17-32-19-23)18-34-31(39)41-2)37-27-8-7-26(15-24(27)20-35-37)42-11-9-25-6-5-22-4-3-10-33-30(22)36-25/h5-8,14-15,17,19-20,28H,3-4,9-13,16,18H2,1-2H3,(H,33,36)(H,34,39). The van der Waals surface area contributed by atoms with Crippen LogP contribution in [0.3, 0.4) is 0 Å². The molecule has 1 atom stereocenters. The van der Waals surface area contributed by atoms with Crippen LogP contribution in [0.5, 0.6) is 5.75 Å². The summed E-state index contributed by atoms with van der Waals surface area (Å²) in [4.78, 5) is 33.5. The molecular formula is C31H36N6O6. The van der Waals surface area contributed by atoms with Crippen LogP contribution in [-0.4, -0.2) is 72.4 Å². The van der Waals surface area contributed by atoms with Crippen molar-refractivity contribution in [3.63, 3.8) is 0 Å². The summed E-state index contributed by atoms with van der Waals surface area (Å²) < 4.78 is 22.9. The van der Waals surface area contributed by atoms with E-state index in [9.17, 15) is 9.59 Å². The summed E-state index contributed by atoms with van der Waals surface area (Å²) in [6.07, 6.45) is 7.44. The topological polar surface area (TPSA) is 139 Å². The molecule has 0 fully saturated rings. The molecule has 0 spiro atoms. The van der Waals surface area contributed by atoms with Crippen molar-refractivity contribution in [3.8, 4) is 5.75 Å². The van der Waals surface area contributed by atoms with Gasteiger partial charge in [0, 0.05) is 50.1 Å². The Balaban J connectivity index is 1.32. The van der Waals surface area contributed by atoms with Crippen molar-refractivity contribution in [2.24, 2.45) is 0 Å². The molecule has 2 N–H and O–H groups in total. The van der Waals surface area contributed by atoms with Gasteiger partial charge in [-0.1, -0.05) is 6.07 Å². The van der Waals surface area contributed by atoms with Crippen molar-refractivity contribution in [2.45, 2.75) is 38.3 Å². The van der Waals surface area contributed by atoms with Crippen LogP contribution in [0.15, 0.2) is 55.0 Å². The quantitative estimate of drug-likeness (QED) is 0.175. The van der Waals surface area contributed by atoms with E-state index in [1.165, 1.54) is 12.7 Å². The summed E-state index contributed by atoms with van der Waals surface area (Å²) in [5, 5.41) is 11.5. The number of rotatable bonds is 13. The molecule has 0 saturated heterocycles. The lowest BCUT2D eigenvalue weighted by molar-refractivity contribution is -0.145. The number of alkyl carbamates (subject to hydrolysis) is 1. The van der Waals surface area contributed by atoms with E-state index < -0.39 is 18.1 Å². The predicted molar refractivity (Wildman–Crippen MR) is 159 cm³/mol. The molecule has 0 saturated carbocycles. The minimum Gasteiger partial charge on any atom is -0.493 e. The molecule has 4 heterocycles. The van der Waals surface area contributed by atoms with E-state index in [2.05, 4.69) is 37.6 Å². The minimum atomic E-state index is -0.546. The number of fused-ring (bicyclic) bond motifs is 2. The van der Waals surface area contributed by atoms with Gasteiger partial charge in [-0.3, -0.25) is 14.5 Å². The second-order valence-corrected chi connectivity index (χ2v) is 10.2. The Morgan fingerprint density at radius 2 is 1.98 bits per heavy atom. The van der Waals surface area contributed by atoms with E-state index in [1.807, 2.05) is 24.3 Å². The summed E-state index contributed by atoms with van der Waals surface area (Å²) in [6.45, 7) is 2.12. The first-order valence-corrected chi connectivity index (χ1v) is 14.3. The largest absolute Gasteiger partial charge is 0.493 e. The zero-order valence-corrected chi connectivity index (χ0v) is 24.4. The average Bonchev–Trinajstić information content (AvgIpc) is 3.45. The Morgan fingerprint density at radius 3 is 2.84 bits per heavy atom. The number of hydrogen-bond acceptors (Lipinski definition) is 10. The van der Waals surface area contributed by atoms with E-state index >= 15 is 0 Å². The molecule has 1 unspecified atom stereocenters. The van der Waals surface area contributed by atoms with Crippen molar-refractivity contribution in [1.82, 2.24) is 25.1 Å². The molecule has 1 aromatic carbocycles. The molecule has 5 rings (SSSR count). The highest BCUT2D eigenvalue weighted by Crippen LogP contribution is 2.29. The number of aryl methyl sites for hydroxylation is 1. The van der Waals surface area contributed by atoms with Gasteiger partial charge in [0.2, 0.25) is 0 Å². The maximum atomic E-state index is 12.8. The Hall–Kier alpha value is -4.71. The lowest BCUT2D eigenvalue weighted by atomic mass is 10.0. The molecule has 226 valence electrons. The second-order valence-electron chi connectivity index (χ2n) is 10.2. The third-order valence-corrected chi connectivity index (χ3v) is 7.17. The highest BCUT2D eigenvalue weighted by molar-refractivity contribution is 5.81. The first-order chi connectivity index (χ1) is 21.0. The van der Waals surface area contributed by atoms with Crippen molar-refractivity contribution < 1.29 is 28.5 Å². The summed E-state index contributed by atoms with van der Waals surface area (Å²) >= 11 is 0. The van der Waals surface area contributed by atoms with E-state index in [0.717, 1.165) is 58.7 Å². The number of methoxy groups -OCH3 is 2. The molecule has 12 nitrogen and oxygen atoms in total. The number of ether oxygens (including phenoxy) is 4. The number of esters is 1. The van der Waals surface area contributed by atoms with Gasteiger partial charge in [0.05, 0.1) is 44.5 Å². The van der Waals surface area contributed by atoms with Crippen molar-refractivity contribution >= 4 is 28.8 Å². The van der Waals surface area contributed by atoms with E-state index in [-0.39, 0.29) is 19.6 Å². The molecule has 0 radical (unpaired) electrons. The highest BCUT2D eigenvalue weighted by atomic mass is 16.6. The van der Waals surface area contributed by atoms with Crippen LogP contribution in [0, 0.1) is 0 Å². The van der Waals surface area contributed by atoms with Gasteiger partial charge in [0.25, 0.3) is 0 Å². The maximum absolute atomic E-state index is 12.8. The van der Waals surface area contributed by atoms with Crippen LogP contribution in [0.2, 0.25) is 0 Å². The van der Waals surface area contributed by atoms with Gasteiger partial charge < -0.3 is 29.6 Å². The number of nitrogens with zero attached hydrogens (tertiary/aromatic N) is 4. The predicted octanol–water partition coefficient (Wildman–Crippen LogP) is 3.83. The van der Waals surface area contributed by atoms with E-state index in [0.29, 0.717) is 19.6 Å². The van der Waals surface area contributed by atoms with Crippen molar-refractivity contribution in [2.75, 3.05) is 45.9 Å². The molecular weight excluding hydrogens is 552 g/mol. The molecule has 12 heteroatoms. The van der Waals surface area contributed by atoms with Crippen LogP contribution < -0.4 is 15.4 Å². The Kier molecular flexibility index (Phi) is 10.0. The molecule has 1 aliphatic rings. The Bertz CT molecular complexity index is 1560. The molecule has 0 aliphatic carbocycles. The Morgan fingerprint density at radius 1 is 1.07 bits per heavy atom. The number of amides is 1. The number of aromatic nitrogens is 4. The number of anilines is 1. The molecule has 43 heavy (non-hydrogen) atoms. The summed E-state index contributed by atoms with van der Waals surface area (Å²) in [6, 6.07) is 11.3. The summed E-state index contributed by atoms with van der Waals surface area (Å²) in [5.74, 6) is 1.31. The fourth-order valence-electron chi connectivity index (χ4n) is 4.99. The summed E-state index contributed by atoms with van der Waals surface area (Å²) in [7, 11) is 2.85. The van der Waals surface area contributed by atoms with Crippen LogP contribution >= 0.6 is 0 Å². The van der Waals surface area contributed by atoms with E-state index in [1.54, 1.807) is 30.4 Å². The number of nitrogens with one attached hydrogen (secondary N) is 2. The van der Waals surface area contributed by atoms with Gasteiger partial charge in [-0.15, -0.1) is 0 Å². The van der Waals surface area contributed by atoms with E-state index in [4.69, 9.17) is 19.2 Å². The zero-order chi connectivity index (χ0) is 30.0. The average molecular weight is 589 g/mol. The van der Waals surface area contributed by atoms with Crippen LogP contribution in [0.4, 0.5) is 10.6 Å². The minimum absolute atomic E-state index is 0.0247. The van der Waals surface area contributed by atoms with Crippen LogP contribution in [0.25, 0.3) is 10.9 Å². The third-order valence-electron chi connectivity index (χ3n) is 7.17. The third kappa shape index (κ3) is 7.77. The van der Waals surface area contributed by atoms with Gasteiger partial charge in [0.1, 0.15) is 18.2 Å². The fraction of sp³-hybridized carbons (Fsp3) is 0.387. The lowest BCUT2D eigenvalue weighted by Gasteiger charge is -2.19. The second kappa shape index (κ2) is 14.5. The molecule has 0 bridgehead atoms. The smallest absolute Gasteiger partial charge is 0.407 e. The first-order valence-electron chi connectivity index (χ1n) is 14.3. The van der Waals surface area contributed by atoms with Crippen LogP contribution in [-0.2, 0) is 38.4 Å². The first kappa shape index (κ1) is 29.8.